The van der Waals surface area contributed by atoms with E-state index in [1.54, 1.807) is 85.5 Å². The number of halogens is 1. The Labute approximate surface area is 659 Å². The van der Waals surface area contributed by atoms with Crippen LogP contribution in [-0.2, 0) is 56.5 Å². The molecule has 7 heterocycles. The number of nitrogens with one attached hydrogen (secondary N) is 1. The van der Waals surface area contributed by atoms with Crippen molar-refractivity contribution in [3.8, 4) is 34.5 Å². The van der Waals surface area contributed by atoms with Crippen molar-refractivity contribution in [1.29, 1.82) is 0 Å². The SMILES string of the molecule is CS(=O)(=O)O[C@H](COc1ccccc1)Cn1ccnc1.N[C@@H](COc1ccccc1)Cn1ccnc1.O=C(N[C@@H](COc1ccccc1)Cn1ccnc1)c1ccc(I)cc1.OC[C@@H]1CO1.O[C@H](COc1ccccc1)Cn1ccnc1.[N-]=[N+]=N[C@@H](COc1ccccc1)Cn1ccnc1.c1ccc(OC[C@@H]2CO2)cc1. The van der Waals surface area contributed by atoms with Gasteiger partial charge in [-0.3, -0.25) is 8.98 Å². The lowest BCUT2D eigenvalue weighted by Gasteiger charge is -2.20. The van der Waals surface area contributed by atoms with E-state index in [2.05, 4.69) is 67.6 Å². The van der Waals surface area contributed by atoms with E-state index in [0.29, 0.717) is 76.6 Å². The standard InChI is InChI=1S/C19H18IN3O2.C13H16N2O4S.C12H13N5O.C12H15N3O.C12H14N2O2.C9H10O2.C3H6O2/c20-16-8-6-15(7-9-16)19(24)22-17(12-23-11-10-21-14-23)13-25-18-4-2-1-3-5-18;1-20(16,17)19-13(9-15-8-7-14-11-15)10-18-12-5-3-2-4-6-12;13-16-15-11(8-17-7-6-14-10-17)9-18-12-4-2-1-3-5-12;13-11(8-15-7-6-14-10-15)9-16-12-4-2-1-3-5-12;15-11(8-14-7-6-13-10-14)9-16-12-4-2-1-3-5-12;1-2-4-8(5-3-1)10-6-9-7-11-9;4-1-3-2-5-3/h1-11,14,17H,12-13H2,(H,22,24);2-8,11,13H,9-10H2,1H3;1-7,10-11H,8-9H2;1-7,10-11H,8-9,13H2;1-7,10-11,15H,8-9H2;1-5,9H,6-7H2;3-4H,1-2H2/t17-;13-;3*11-;9-;3-/m1011011/s1. The first-order valence-electron chi connectivity index (χ1n) is 35.3. The molecule has 14 rings (SSSR count). The lowest BCUT2D eigenvalue weighted by atomic mass is 10.2. The predicted octanol–water partition coefficient (Wildman–Crippen LogP) is 10.8. The van der Waals surface area contributed by atoms with Gasteiger partial charge in [0.15, 0.2) is 0 Å². The van der Waals surface area contributed by atoms with Gasteiger partial charge < -0.3 is 82.0 Å². The monoisotopic (exact) mass is 1650 g/mol. The van der Waals surface area contributed by atoms with Crippen molar-refractivity contribution in [1.82, 2.24) is 53.1 Å². The Morgan fingerprint density at radius 2 is 0.892 bits per heavy atom. The number of carbonyl (C=O) groups excluding carboxylic acids is 1. The molecule has 0 saturated carbocycles. The van der Waals surface area contributed by atoms with Crippen LogP contribution in [0.4, 0.5) is 0 Å². The van der Waals surface area contributed by atoms with Gasteiger partial charge in [0.2, 0.25) is 0 Å². The summed E-state index contributed by atoms with van der Waals surface area (Å²) in [6.45, 7) is 6.82. The summed E-state index contributed by atoms with van der Waals surface area (Å²) in [6, 6.07) is 64.1. The minimum absolute atomic E-state index is 0.0330. The van der Waals surface area contributed by atoms with Crippen molar-refractivity contribution >= 4 is 38.6 Å². The smallest absolute Gasteiger partial charge is 0.264 e. The van der Waals surface area contributed by atoms with Crippen molar-refractivity contribution in [2.75, 3.05) is 65.7 Å². The summed E-state index contributed by atoms with van der Waals surface area (Å²) in [5.74, 6) is 4.64. The number of amides is 1. The number of hydrogen-bond acceptors (Lipinski definition) is 21. The van der Waals surface area contributed by atoms with Gasteiger partial charge in [-0.1, -0.05) is 114 Å². The Kier molecular flexibility index (Phi) is 38.1. The van der Waals surface area contributed by atoms with Gasteiger partial charge in [-0.25, -0.2) is 24.9 Å². The Morgan fingerprint density at radius 1 is 0.523 bits per heavy atom. The van der Waals surface area contributed by atoms with E-state index in [-0.39, 0.29) is 50.0 Å². The molecule has 12 aromatic rings. The van der Waals surface area contributed by atoms with Gasteiger partial charge in [-0.15, -0.1) is 0 Å². The van der Waals surface area contributed by atoms with Gasteiger partial charge in [-0.05, 0) is 125 Å². The minimum atomic E-state index is -3.54. The molecule has 2 aliphatic rings. The van der Waals surface area contributed by atoms with Crippen LogP contribution in [0.5, 0.6) is 34.5 Å². The molecule has 1 amide bonds. The molecule has 0 aliphatic carbocycles. The van der Waals surface area contributed by atoms with Crippen LogP contribution < -0.4 is 39.5 Å². The number of ether oxygens (including phenoxy) is 8. The van der Waals surface area contributed by atoms with E-state index in [4.69, 9.17) is 53.7 Å². The second-order valence-electron chi connectivity index (χ2n) is 24.5. The zero-order valence-electron chi connectivity index (χ0n) is 61.2. The number of nitrogens with two attached hydrogens (primary N) is 1. The molecule has 0 spiro atoms. The number of azide groups is 1. The van der Waals surface area contributed by atoms with Gasteiger partial charge in [0.25, 0.3) is 16.0 Å². The van der Waals surface area contributed by atoms with E-state index < -0.39 is 22.3 Å². The molecule has 5 aromatic heterocycles. The average molecular weight is 1650 g/mol. The molecule has 31 heteroatoms. The van der Waals surface area contributed by atoms with Crippen LogP contribution >= 0.6 is 22.6 Å². The highest BCUT2D eigenvalue weighted by atomic mass is 127. The van der Waals surface area contributed by atoms with Gasteiger partial charge in [0.1, 0.15) is 91.9 Å². The number of nitrogens with zero attached hydrogens (tertiary/aromatic N) is 13. The number of epoxide rings is 2. The van der Waals surface area contributed by atoms with Crippen LogP contribution in [0.3, 0.4) is 0 Å². The first-order chi connectivity index (χ1) is 54.2. The zero-order valence-corrected chi connectivity index (χ0v) is 64.2. The lowest BCUT2D eigenvalue weighted by molar-refractivity contribution is 0.0914. The first kappa shape index (κ1) is 85.2. The second-order valence-corrected chi connectivity index (χ2v) is 27.4. The van der Waals surface area contributed by atoms with Crippen molar-refractivity contribution < 1.29 is 65.5 Å². The molecular formula is C80H92IN15O14S. The Hall–Kier alpha value is -11.4. The van der Waals surface area contributed by atoms with Crippen LogP contribution in [0, 0.1) is 3.57 Å². The minimum Gasteiger partial charge on any atom is -0.493 e. The van der Waals surface area contributed by atoms with E-state index in [1.807, 2.05) is 237 Å². The van der Waals surface area contributed by atoms with Crippen LogP contribution in [0.1, 0.15) is 10.4 Å². The topological polar surface area (TPSA) is 357 Å². The second kappa shape index (κ2) is 49.6. The largest absolute Gasteiger partial charge is 0.493 e. The summed E-state index contributed by atoms with van der Waals surface area (Å²) in [7, 11) is -3.54. The van der Waals surface area contributed by atoms with Gasteiger partial charge in [0, 0.05) is 95.6 Å². The molecule has 0 bridgehead atoms. The number of aromatic nitrogens is 10. The molecule has 2 fully saturated rings. The third kappa shape index (κ3) is 38.0. The zero-order chi connectivity index (χ0) is 78.2. The molecule has 0 radical (unpaired) electrons. The lowest BCUT2D eigenvalue weighted by Crippen LogP contribution is -2.42. The summed E-state index contributed by atoms with van der Waals surface area (Å²) >= 11 is 2.22. The third-order valence-corrected chi connectivity index (χ3v) is 16.4. The molecule has 0 unspecified atom stereocenters. The molecule has 111 heavy (non-hydrogen) atoms. The maximum atomic E-state index is 12.5. The van der Waals surface area contributed by atoms with Crippen LogP contribution in [0.25, 0.3) is 10.4 Å². The van der Waals surface area contributed by atoms with E-state index in [1.165, 1.54) is 0 Å². The number of rotatable bonds is 34. The van der Waals surface area contributed by atoms with E-state index in [9.17, 15) is 18.3 Å². The van der Waals surface area contributed by atoms with Crippen molar-refractivity contribution in [3.63, 3.8) is 0 Å². The van der Waals surface area contributed by atoms with Crippen LogP contribution in [-0.4, -0.2) is 181 Å². The van der Waals surface area contributed by atoms with Gasteiger partial charge >= 0.3 is 0 Å². The number of imidazole rings is 5. The molecular weight excluding hydrogens is 1550 g/mol. The summed E-state index contributed by atoms with van der Waals surface area (Å²) in [6.07, 6.45) is 26.4. The summed E-state index contributed by atoms with van der Waals surface area (Å²) in [5, 5.41) is 24.6. The molecule has 5 N–H and O–H groups in total. The van der Waals surface area contributed by atoms with Crippen molar-refractivity contribution in [3.05, 3.63) is 319 Å². The quantitative estimate of drug-likeness (QED) is 0.00727. The summed E-state index contributed by atoms with van der Waals surface area (Å²) < 4.78 is 80.9. The first-order valence-corrected chi connectivity index (χ1v) is 38.2. The maximum Gasteiger partial charge on any atom is 0.264 e. The molecule has 2 saturated heterocycles. The maximum absolute atomic E-state index is 12.5. The Balaban J connectivity index is 0.000000167. The fourth-order valence-corrected chi connectivity index (χ4v) is 10.5. The number of hydrogen-bond donors (Lipinski definition) is 4. The van der Waals surface area contributed by atoms with Crippen LogP contribution in [0.2, 0.25) is 0 Å². The highest BCUT2D eigenvalue weighted by molar-refractivity contribution is 14.1. The predicted molar refractivity (Wildman–Crippen MR) is 426 cm³/mol. The van der Waals surface area contributed by atoms with Crippen molar-refractivity contribution in [2.24, 2.45) is 10.8 Å². The fraction of sp³-hybridized carbons (Fsp3) is 0.275. The number of para-hydroxylation sites is 6. The summed E-state index contributed by atoms with van der Waals surface area (Å²) in [5.41, 5.74) is 15.1. The molecule has 7 atom stereocenters. The summed E-state index contributed by atoms with van der Waals surface area (Å²) in [4.78, 5) is 35.1. The molecule has 584 valence electrons. The highest BCUT2D eigenvalue weighted by Gasteiger charge is 2.23. The normalized spacial score (nSPS) is 14.1. The fourth-order valence-electron chi connectivity index (χ4n) is 9.49. The molecule has 2 aliphatic heterocycles. The van der Waals surface area contributed by atoms with Crippen molar-refractivity contribution in [2.45, 2.75) is 75.3 Å². The number of aliphatic hydroxyl groups is 2. The number of carbonyl (C=O) groups is 1. The van der Waals surface area contributed by atoms with Gasteiger partial charge in [0.05, 0.1) is 95.5 Å². The van der Waals surface area contributed by atoms with Crippen LogP contribution in [0.15, 0.2) is 305 Å². The number of benzene rings is 7. The third-order valence-electron chi connectivity index (χ3n) is 15.0. The number of aliphatic hydroxyl groups excluding tert-OH is 2. The molecule has 7 aromatic carbocycles. The molecule has 29 nitrogen and oxygen atoms in total. The highest BCUT2D eigenvalue weighted by Crippen LogP contribution is 2.17. The Bertz CT molecular complexity index is 4400. The van der Waals surface area contributed by atoms with E-state index in [0.717, 1.165) is 51.8 Å². The Morgan fingerprint density at radius 3 is 1.28 bits per heavy atom. The van der Waals surface area contributed by atoms with Gasteiger partial charge in [-0.2, -0.15) is 8.42 Å². The average Bonchev–Trinajstić information content (AvgIpc) is 1.69. The van der Waals surface area contributed by atoms with E-state index >= 15 is 0 Å².